The Bertz CT molecular complexity index is 619. The van der Waals surface area contributed by atoms with Gasteiger partial charge in [0.15, 0.2) is 5.78 Å². The summed E-state index contributed by atoms with van der Waals surface area (Å²) in [6, 6.07) is 10.2. The Labute approximate surface area is 123 Å². The number of hydrogen-bond donors (Lipinski definition) is 1. The van der Waals surface area contributed by atoms with Gasteiger partial charge in [-0.25, -0.2) is 0 Å². The van der Waals surface area contributed by atoms with Gasteiger partial charge in [0.1, 0.15) is 5.03 Å². The fraction of sp³-hybridized carbons (Fsp3) is 0.353. The number of allylic oxidation sites excluding steroid dienone is 4. The molecule has 102 valence electrons. The second-order valence-corrected chi connectivity index (χ2v) is 6.31. The van der Waals surface area contributed by atoms with E-state index in [2.05, 4.69) is 29.6 Å². The summed E-state index contributed by atoms with van der Waals surface area (Å²) in [5.41, 5.74) is 2.18. The van der Waals surface area contributed by atoms with Crippen LogP contribution in [0.5, 0.6) is 0 Å². The molecule has 4 unspecified atom stereocenters. The first-order chi connectivity index (χ1) is 9.75. The molecular formula is C17H16ClNO. The molecule has 0 amide bonds. The smallest absolute Gasteiger partial charge is 0.180 e. The van der Waals surface area contributed by atoms with Crippen molar-refractivity contribution in [3.05, 3.63) is 58.8 Å². The summed E-state index contributed by atoms with van der Waals surface area (Å²) in [5.74, 6) is 1.42. The molecule has 1 fully saturated rings. The third-order valence-corrected chi connectivity index (χ3v) is 5.26. The zero-order valence-electron chi connectivity index (χ0n) is 11.1. The monoisotopic (exact) mass is 285 g/mol. The van der Waals surface area contributed by atoms with E-state index in [1.165, 1.54) is 5.56 Å². The summed E-state index contributed by atoms with van der Waals surface area (Å²) in [7, 11) is 0. The highest BCUT2D eigenvalue weighted by atomic mass is 35.5. The Morgan fingerprint density at radius 1 is 1.10 bits per heavy atom. The molecule has 3 heteroatoms. The van der Waals surface area contributed by atoms with Crippen LogP contribution in [0.1, 0.15) is 12.0 Å². The van der Waals surface area contributed by atoms with E-state index in [-0.39, 0.29) is 17.6 Å². The third-order valence-electron chi connectivity index (χ3n) is 4.87. The molecular weight excluding hydrogens is 270 g/mol. The summed E-state index contributed by atoms with van der Waals surface area (Å²) in [6.07, 6.45) is 5.58. The van der Waals surface area contributed by atoms with Gasteiger partial charge in [-0.15, -0.1) is 0 Å². The number of nitrogens with one attached hydrogen (secondary N) is 1. The number of halogens is 1. The van der Waals surface area contributed by atoms with Crippen LogP contribution in [0.3, 0.4) is 0 Å². The van der Waals surface area contributed by atoms with E-state index in [0.717, 1.165) is 18.7 Å². The van der Waals surface area contributed by atoms with Crippen LogP contribution < -0.4 is 5.32 Å². The molecule has 4 rings (SSSR count). The van der Waals surface area contributed by atoms with Gasteiger partial charge in [0.05, 0.1) is 0 Å². The summed E-state index contributed by atoms with van der Waals surface area (Å²) >= 11 is 6.30. The maximum absolute atomic E-state index is 12.3. The van der Waals surface area contributed by atoms with Gasteiger partial charge in [0.2, 0.25) is 0 Å². The maximum atomic E-state index is 12.3. The van der Waals surface area contributed by atoms with E-state index in [1.807, 2.05) is 18.2 Å². The van der Waals surface area contributed by atoms with Gasteiger partial charge in [0, 0.05) is 24.1 Å². The van der Waals surface area contributed by atoms with Crippen molar-refractivity contribution < 1.29 is 4.79 Å². The van der Waals surface area contributed by atoms with Crippen molar-refractivity contribution in [2.75, 3.05) is 0 Å². The minimum Gasteiger partial charge on any atom is -0.383 e. The molecule has 0 saturated heterocycles. The highest BCUT2D eigenvalue weighted by molar-refractivity contribution is 6.44. The van der Waals surface area contributed by atoms with Crippen LogP contribution >= 0.6 is 11.6 Å². The van der Waals surface area contributed by atoms with Crippen molar-refractivity contribution in [1.82, 2.24) is 5.32 Å². The Morgan fingerprint density at radius 2 is 1.80 bits per heavy atom. The summed E-state index contributed by atoms with van der Waals surface area (Å²) < 4.78 is 0. The number of ketones is 1. The van der Waals surface area contributed by atoms with Crippen LogP contribution in [0.2, 0.25) is 0 Å². The zero-order valence-corrected chi connectivity index (χ0v) is 11.8. The van der Waals surface area contributed by atoms with Crippen LogP contribution in [0.4, 0.5) is 0 Å². The van der Waals surface area contributed by atoms with Gasteiger partial charge < -0.3 is 5.32 Å². The molecule has 3 aliphatic carbocycles. The average molecular weight is 286 g/mol. The zero-order chi connectivity index (χ0) is 13.7. The molecule has 3 aliphatic rings. The molecule has 1 aromatic rings. The van der Waals surface area contributed by atoms with Gasteiger partial charge in [0.25, 0.3) is 0 Å². The van der Waals surface area contributed by atoms with E-state index in [9.17, 15) is 4.79 Å². The van der Waals surface area contributed by atoms with Gasteiger partial charge in [-0.1, -0.05) is 54.1 Å². The first-order valence-electron chi connectivity index (χ1n) is 7.15. The SMILES string of the molecule is O=C1C(Cl)=C(NCc2ccccc2)C2C3C=CC(C3)C12. The number of rotatable bonds is 3. The third kappa shape index (κ3) is 1.68. The van der Waals surface area contributed by atoms with E-state index >= 15 is 0 Å². The molecule has 0 heterocycles. The van der Waals surface area contributed by atoms with E-state index in [1.54, 1.807) is 0 Å². The Kier molecular flexibility index (Phi) is 2.74. The molecule has 2 nitrogen and oxygen atoms in total. The van der Waals surface area contributed by atoms with Crippen LogP contribution in [0.15, 0.2) is 53.2 Å². The molecule has 0 aliphatic heterocycles. The van der Waals surface area contributed by atoms with Crippen LogP contribution in [0, 0.1) is 23.7 Å². The van der Waals surface area contributed by atoms with E-state index in [0.29, 0.717) is 16.9 Å². The molecule has 0 radical (unpaired) electrons. The standard InChI is InChI=1S/C17H16ClNO/c18-15-16(19-9-10-4-2-1-3-5-10)13-11-6-7-12(8-11)14(13)17(15)20/h1-7,11-14,19H,8-9H2. The van der Waals surface area contributed by atoms with Gasteiger partial charge in [-0.05, 0) is 23.8 Å². The van der Waals surface area contributed by atoms with Crippen molar-refractivity contribution in [3.63, 3.8) is 0 Å². The predicted molar refractivity (Wildman–Crippen MR) is 78.9 cm³/mol. The van der Waals surface area contributed by atoms with Crippen molar-refractivity contribution in [2.45, 2.75) is 13.0 Å². The molecule has 0 spiro atoms. The Morgan fingerprint density at radius 3 is 2.55 bits per heavy atom. The molecule has 4 atom stereocenters. The molecule has 1 aromatic carbocycles. The normalized spacial score (nSPS) is 34.0. The van der Waals surface area contributed by atoms with Crippen molar-refractivity contribution in [2.24, 2.45) is 23.7 Å². The minimum atomic E-state index is 0.0933. The van der Waals surface area contributed by atoms with Crippen molar-refractivity contribution in [1.29, 1.82) is 0 Å². The van der Waals surface area contributed by atoms with Crippen LogP contribution in [-0.4, -0.2) is 5.78 Å². The molecule has 20 heavy (non-hydrogen) atoms. The molecule has 2 bridgehead atoms. The predicted octanol–water partition coefficient (Wildman–Crippen LogP) is 3.25. The Balaban J connectivity index is 1.58. The van der Waals surface area contributed by atoms with Gasteiger partial charge >= 0.3 is 0 Å². The van der Waals surface area contributed by atoms with E-state index < -0.39 is 0 Å². The number of carbonyl (C=O) groups is 1. The minimum absolute atomic E-state index is 0.0933. The van der Waals surface area contributed by atoms with E-state index in [4.69, 9.17) is 11.6 Å². The number of carbonyl (C=O) groups excluding carboxylic acids is 1. The van der Waals surface area contributed by atoms with Gasteiger partial charge in [-0.2, -0.15) is 0 Å². The topological polar surface area (TPSA) is 29.1 Å². The highest BCUT2D eigenvalue weighted by Gasteiger charge is 2.54. The first kappa shape index (κ1) is 12.2. The lowest BCUT2D eigenvalue weighted by Gasteiger charge is -2.23. The largest absolute Gasteiger partial charge is 0.383 e. The lowest BCUT2D eigenvalue weighted by atomic mass is 9.84. The molecule has 1 saturated carbocycles. The number of Topliss-reactive ketones (excluding diaryl/α,β-unsaturated/α-hetero) is 1. The average Bonchev–Trinajstić information content (AvgIpc) is 3.14. The fourth-order valence-electron chi connectivity index (χ4n) is 3.99. The maximum Gasteiger partial charge on any atom is 0.180 e. The molecule has 1 N–H and O–H groups in total. The number of hydrogen-bond acceptors (Lipinski definition) is 2. The summed E-state index contributed by atoms with van der Waals surface area (Å²) in [4.78, 5) is 12.3. The lowest BCUT2D eigenvalue weighted by Crippen LogP contribution is -2.26. The second-order valence-electron chi connectivity index (χ2n) is 5.93. The highest BCUT2D eigenvalue weighted by Crippen LogP contribution is 2.55. The van der Waals surface area contributed by atoms with Crippen LogP contribution in [-0.2, 0) is 11.3 Å². The first-order valence-corrected chi connectivity index (χ1v) is 7.53. The lowest BCUT2D eigenvalue weighted by molar-refractivity contribution is -0.119. The van der Waals surface area contributed by atoms with Crippen molar-refractivity contribution >= 4 is 17.4 Å². The summed E-state index contributed by atoms with van der Waals surface area (Å²) in [5, 5.41) is 3.87. The second kappa shape index (κ2) is 4.49. The summed E-state index contributed by atoms with van der Waals surface area (Å²) in [6.45, 7) is 0.726. The van der Waals surface area contributed by atoms with Crippen molar-refractivity contribution in [3.8, 4) is 0 Å². The quantitative estimate of drug-likeness (QED) is 0.864. The van der Waals surface area contributed by atoms with Gasteiger partial charge in [-0.3, -0.25) is 4.79 Å². The number of fused-ring (bicyclic) bond motifs is 5. The fourth-order valence-corrected chi connectivity index (χ4v) is 4.31. The molecule has 0 aromatic heterocycles. The number of benzene rings is 1. The Hall–Kier alpha value is -1.54. The van der Waals surface area contributed by atoms with Crippen LogP contribution in [0.25, 0.3) is 0 Å².